The summed E-state index contributed by atoms with van der Waals surface area (Å²) in [5.41, 5.74) is 1.35. The Morgan fingerprint density at radius 3 is 2.69 bits per heavy atom. The lowest BCUT2D eigenvalue weighted by molar-refractivity contribution is 0.430. The summed E-state index contributed by atoms with van der Waals surface area (Å²) in [7, 11) is 0. The van der Waals surface area contributed by atoms with Crippen LogP contribution in [0.5, 0.6) is 0 Å². The molecule has 0 bridgehead atoms. The lowest BCUT2D eigenvalue weighted by Crippen LogP contribution is -2.48. The first-order chi connectivity index (χ1) is 7.57. The largest absolute Gasteiger partial charge is 0.302 e. The van der Waals surface area contributed by atoms with Gasteiger partial charge in [0.05, 0.1) is 4.87 Å². The Kier molecular flexibility index (Phi) is 3.83. The van der Waals surface area contributed by atoms with Gasteiger partial charge in [0.1, 0.15) is 0 Å². The lowest BCUT2D eigenvalue weighted by Gasteiger charge is -2.37. The highest BCUT2D eigenvalue weighted by atomic mass is 35.5. The average Bonchev–Trinajstić information content (AvgIpc) is 2.27. The zero-order valence-corrected chi connectivity index (χ0v) is 11.4. The smallest absolute Gasteiger partial charge is 0.0657 e. The molecule has 1 nitrogen and oxygen atoms in total. The quantitative estimate of drug-likeness (QED) is 0.867. The molecule has 3 heteroatoms. The molecule has 16 heavy (non-hydrogen) atoms. The molecule has 0 aliphatic carbocycles. The molecule has 1 heterocycles. The summed E-state index contributed by atoms with van der Waals surface area (Å²) >= 11 is 7.92. The Morgan fingerprint density at radius 1 is 1.44 bits per heavy atom. The molecule has 0 spiro atoms. The molecule has 1 aliphatic heterocycles. The van der Waals surface area contributed by atoms with E-state index in [1.807, 2.05) is 23.9 Å². The van der Waals surface area contributed by atoms with Gasteiger partial charge in [0.25, 0.3) is 0 Å². The third-order valence-electron chi connectivity index (χ3n) is 2.97. The van der Waals surface area contributed by atoms with Crippen LogP contribution in [0, 0.1) is 5.92 Å². The van der Waals surface area contributed by atoms with E-state index < -0.39 is 0 Å². The first kappa shape index (κ1) is 12.3. The fraction of sp³-hybridized carbons (Fsp3) is 0.538. The van der Waals surface area contributed by atoms with Crippen molar-refractivity contribution in [2.75, 3.05) is 12.3 Å². The van der Waals surface area contributed by atoms with E-state index in [9.17, 15) is 0 Å². The van der Waals surface area contributed by atoms with Gasteiger partial charge in [0.15, 0.2) is 0 Å². The third kappa shape index (κ3) is 3.16. The summed E-state index contributed by atoms with van der Waals surface area (Å²) in [5, 5.41) is 4.45. The average molecular weight is 256 g/mol. The monoisotopic (exact) mass is 255 g/mol. The highest BCUT2D eigenvalue weighted by Crippen LogP contribution is 2.32. The summed E-state index contributed by atoms with van der Waals surface area (Å²) in [6.07, 6.45) is 1.06. The normalized spacial score (nSPS) is 30.3. The molecule has 2 rings (SSSR count). The Morgan fingerprint density at radius 2 is 2.12 bits per heavy atom. The molecule has 0 radical (unpaired) electrons. The minimum atomic E-state index is 0.181. The van der Waals surface area contributed by atoms with Crippen molar-refractivity contribution in [2.24, 2.45) is 5.92 Å². The van der Waals surface area contributed by atoms with E-state index >= 15 is 0 Å². The van der Waals surface area contributed by atoms with Crippen LogP contribution < -0.4 is 5.32 Å². The molecule has 1 saturated heterocycles. The van der Waals surface area contributed by atoms with Crippen molar-refractivity contribution >= 4 is 23.4 Å². The maximum absolute atomic E-state index is 5.89. The molecular formula is C13H18ClNS. The molecule has 0 saturated carbocycles. The zero-order chi connectivity index (χ0) is 11.6. The summed E-state index contributed by atoms with van der Waals surface area (Å²) in [5.74, 6) is 2.03. The third-order valence-corrected chi connectivity index (χ3v) is 4.88. The Labute approximate surface area is 107 Å². The van der Waals surface area contributed by atoms with E-state index in [1.54, 1.807) is 0 Å². The Balaban J connectivity index is 2.00. The van der Waals surface area contributed by atoms with E-state index in [4.69, 9.17) is 11.6 Å². The van der Waals surface area contributed by atoms with Crippen molar-refractivity contribution < 1.29 is 0 Å². The van der Waals surface area contributed by atoms with Crippen LogP contribution in [0.2, 0.25) is 5.02 Å². The van der Waals surface area contributed by atoms with Gasteiger partial charge in [0, 0.05) is 5.02 Å². The molecule has 0 amide bonds. The number of thioether (sulfide) groups is 1. The predicted octanol–water partition coefficient (Wildman–Crippen LogP) is 3.57. The molecule has 2 atom stereocenters. The topological polar surface area (TPSA) is 12.0 Å². The Hall–Kier alpha value is -0.180. The first-order valence-electron chi connectivity index (χ1n) is 5.71. The van der Waals surface area contributed by atoms with Crippen LogP contribution in [-0.2, 0) is 6.42 Å². The van der Waals surface area contributed by atoms with Gasteiger partial charge in [-0.05, 0) is 49.3 Å². The molecule has 1 aromatic rings. The van der Waals surface area contributed by atoms with Crippen LogP contribution in [0.25, 0.3) is 0 Å². The van der Waals surface area contributed by atoms with Gasteiger partial charge >= 0.3 is 0 Å². The number of hydrogen-bond acceptors (Lipinski definition) is 2. The minimum absolute atomic E-state index is 0.181. The predicted molar refractivity (Wildman–Crippen MR) is 73.2 cm³/mol. The van der Waals surface area contributed by atoms with Gasteiger partial charge in [-0.1, -0.05) is 30.7 Å². The van der Waals surface area contributed by atoms with E-state index in [-0.39, 0.29) is 4.87 Å². The molecule has 88 valence electrons. The summed E-state index contributed by atoms with van der Waals surface area (Å²) < 4.78 is 0. The maximum atomic E-state index is 5.89. The van der Waals surface area contributed by atoms with E-state index in [1.165, 1.54) is 11.3 Å². The van der Waals surface area contributed by atoms with Crippen molar-refractivity contribution in [2.45, 2.75) is 25.1 Å². The summed E-state index contributed by atoms with van der Waals surface area (Å²) in [6, 6.07) is 8.18. The molecule has 1 N–H and O–H groups in total. The minimum Gasteiger partial charge on any atom is -0.302 e. The van der Waals surface area contributed by atoms with E-state index in [2.05, 4.69) is 31.3 Å². The van der Waals surface area contributed by atoms with Gasteiger partial charge in [-0.15, -0.1) is 11.8 Å². The number of hydrogen-bond donors (Lipinski definition) is 1. The van der Waals surface area contributed by atoms with Crippen LogP contribution in [-0.4, -0.2) is 17.2 Å². The molecule has 2 unspecified atom stereocenters. The zero-order valence-electron chi connectivity index (χ0n) is 9.79. The Bertz CT molecular complexity index is 341. The number of rotatable bonds is 2. The van der Waals surface area contributed by atoms with Crippen molar-refractivity contribution in [3.05, 3.63) is 34.9 Å². The number of benzene rings is 1. The fourth-order valence-corrected chi connectivity index (χ4v) is 3.28. The van der Waals surface area contributed by atoms with Crippen LogP contribution >= 0.6 is 23.4 Å². The summed E-state index contributed by atoms with van der Waals surface area (Å²) in [6.45, 7) is 5.71. The van der Waals surface area contributed by atoms with Gasteiger partial charge in [-0.3, -0.25) is 0 Å². The number of halogens is 1. The van der Waals surface area contributed by atoms with Crippen LogP contribution in [0.4, 0.5) is 0 Å². The van der Waals surface area contributed by atoms with Crippen molar-refractivity contribution in [1.82, 2.24) is 5.32 Å². The van der Waals surface area contributed by atoms with Crippen LogP contribution in [0.15, 0.2) is 24.3 Å². The standard InChI is InChI=1S/C13H18ClNS/c1-10-8-15-13(2,16-9-10)7-11-3-5-12(14)6-4-11/h3-6,10,15H,7-9H2,1-2H3. The second kappa shape index (κ2) is 4.99. The van der Waals surface area contributed by atoms with E-state index in [0.29, 0.717) is 0 Å². The molecular weight excluding hydrogens is 238 g/mol. The van der Waals surface area contributed by atoms with Gasteiger partial charge < -0.3 is 5.32 Å². The number of nitrogens with one attached hydrogen (secondary N) is 1. The van der Waals surface area contributed by atoms with Crippen molar-refractivity contribution in [3.8, 4) is 0 Å². The van der Waals surface area contributed by atoms with Gasteiger partial charge in [-0.25, -0.2) is 0 Å². The second-order valence-corrected chi connectivity index (χ2v) is 6.79. The lowest BCUT2D eigenvalue weighted by atomic mass is 10.1. The van der Waals surface area contributed by atoms with Crippen LogP contribution in [0.1, 0.15) is 19.4 Å². The van der Waals surface area contributed by atoms with Crippen molar-refractivity contribution in [3.63, 3.8) is 0 Å². The summed E-state index contributed by atoms with van der Waals surface area (Å²) in [4.78, 5) is 0.181. The van der Waals surface area contributed by atoms with Gasteiger partial charge in [0.2, 0.25) is 0 Å². The van der Waals surface area contributed by atoms with Crippen LogP contribution in [0.3, 0.4) is 0 Å². The molecule has 1 aromatic carbocycles. The molecule has 1 fully saturated rings. The maximum Gasteiger partial charge on any atom is 0.0657 e. The first-order valence-corrected chi connectivity index (χ1v) is 7.07. The fourth-order valence-electron chi connectivity index (χ4n) is 1.93. The van der Waals surface area contributed by atoms with Gasteiger partial charge in [-0.2, -0.15) is 0 Å². The SMILES string of the molecule is CC1CNC(C)(Cc2ccc(Cl)cc2)SC1. The highest BCUT2D eigenvalue weighted by Gasteiger charge is 2.29. The molecule has 1 aliphatic rings. The van der Waals surface area contributed by atoms with E-state index in [0.717, 1.165) is 23.9 Å². The highest BCUT2D eigenvalue weighted by molar-refractivity contribution is 8.00. The second-order valence-electron chi connectivity index (χ2n) is 4.83. The van der Waals surface area contributed by atoms with Crippen molar-refractivity contribution in [1.29, 1.82) is 0 Å². The molecule has 0 aromatic heterocycles.